The van der Waals surface area contributed by atoms with Gasteiger partial charge in [0.15, 0.2) is 0 Å². The summed E-state index contributed by atoms with van der Waals surface area (Å²) in [6.45, 7) is 7.02. The lowest BCUT2D eigenvalue weighted by Crippen LogP contribution is -2.38. The van der Waals surface area contributed by atoms with Crippen molar-refractivity contribution >= 4 is 33.8 Å². The van der Waals surface area contributed by atoms with E-state index in [1.165, 1.54) is 16.9 Å². The Bertz CT molecular complexity index is 858. The van der Waals surface area contributed by atoms with Crippen LogP contribution in [0.3, 0.4) is 0 Å². The van der Waals surface area contributed by atoms with E-state index in [9.17, 15) is 4.79 Å². The maximum Gasteiger partial charge on any atom is 0.256 e. The second kappa shape index (κ2) is 6.58. The summed E-state index contributed by atoms with van der Waals surface area (Å²) in [4.78, 5) is 14.2. The van der Waals surface area contributed by atoms with Gasteiger partial charge in [0.25, 0.3) is 5.91 Å². The first kappa shape index (κ1) is 17.9. The third kappa shape index (κ3) is 2.93. The minimum Gasteiger partial charge on any atom is -0.353 e. The zero-order chi connectivity index (χ0) is 18.5. The lowest BCUT2D eigenvalue weighted by molar-refractivity contribution is 0.0934. The number of carbonyl (C=O) groups is 1. The lowest BCUT2D eigenvalue weighted by atomic mass is 9.69. The first-order valence-corrected chi connectivity index (χ1v) is 10.6. The Morgan fingerprint density at radius 2 is 2.04 bits per heavy atom. The fourth-order valence-electron chi connectivity index (χ4n) is 4.12. The van der Waals surface area contributed by atoms with Crippen LogP contribution in [0.25, 0.3) is 0 Å². The number of fused-ring (bicyclic) bond motifs is 3. The van der Waals surface area contributed by atoms with Gasteiger partial charge in [0, 0.05) is 15.5 Å². The number of rotatable bonds is 3. The number of hydrogen-bond acceptors (Lipinski definition) is 3. The smallest absolute Gasteiger partial charge is 0.256 e. The molecule has 26 heavy (non-hydrogen) atoms. The summed E-state index contributed by atoms with van der Waals surface area (Å²) in [5.74, 6) is 0.705. The van der Waals surface area contributed by atoms with Gasteiger partial charge in [0.2, 0.25) is 0 Å². The first-order valence-electron chi connectivity index (χ1n) is 9.37. The number of amides is 1. The van der Waals surface area contributed by atoms with E-state index in [-0.39, 0.29) is 12.1 Å². The highest BCUT2D eigenvalue weighted by molar-refractivity contribution is 7.16. The number of hydrogen-bond donors (Lipinski definition) is 2. The monoisotopic (exact) mass is 388 g/mol. The molecule has 2 N–H and O–H groups in total. The summed E-state index contributed by atoms with van der Waals surface area (Å²) >= 11 is 8.09. The van der Waals surface area contributed by atoms with Crippen molar-refractivity contribution in [2.24, 2.45) is 11.3 Å². The molecule has 0 bridgehead atoms. The molecule has 1 aliphatic carbocycles. The van der Waals surface area contributed by atoms with Crippen LogP contribution in [0.5, 0.6) is 0 Å². The Morgan fingerprint density at radius 3 is 2.77 bits per heavy atom. The third-order valence-corrected chi connectivity index (χ3v) is 7.81. The fraction of sp³-hybridized carbons (Fsp3) is 0.476. The first-order chi connectivity index (χ1) is 12.4. The summed E-state index contributed by atoms with van der Waals surface area (Å²) in [6, 6.07) is 7.67. The quantitative estimate of drug-likeness (QED) is 0.697. The van der Waals surface area contributed by atoms with Crippen molar-refractivity contribution in [2.75, 3.05) is 5.32 Å². The number of thiophene rings is 1. The molecule has 2 unspecified atom stereocenters. The highest BCUT2D eigenvalue weighted by Gasteiger charge is 2.37. The number of carbonyl (C=O) groups excluding carboxylic acids is 1. The Balaban J connectivity index is 1.65. The molecular formula is C21H25ClN2OS. The molecule has 4 rings (SSSR count). The van der Waals surface area contributed by atoms with Gasteiger partial charge in [-0.1, -0.05) is 57.0 Å². The van der Waals surface area contributed by atoms with E-state index in [2.05, 4.69) is 31.4 Å². The van der Waals surface area contributed by atoms with E-state index in [1.54, 1.807) is 11.3 Å². The van der Waals surface area contributed by atoms with Crippen LogP contribution < -0.4 is 10.6 Å². The summed E-state index contributed by atoms with van der Waals surface area (Å²) < 4.78 is 0. The molecule has 1 aliphatic heterocycles. The van der Waals surface area contributed by atoms with Gasteiger partial charge in [-0.05, 0) is 42.2 Å². The molecule has 0 spiro atoms. The fourth-order valence-corrected chi connectivity index (χ4v) is 5.72. The Labute approximate surface area is 164 Å². The van der Waals surface area contributed by atoms with Crippen LogP contribution in [0.2, 0.25) is 5.02 Å². The molecule has 3 nitrogen and oxygen atoms in total. The molecule has 5 heteroatoms. The maximum atomic E-state index is 12.9. The van der Waals surface area contributed by atoms with E-state index in [1.807, 2.05) is 24.3 Å². The normalized spacial score (nSPS) is 22.2. The van der Waals surface area contributed by atoms with Gasteiger partial charge in [-0.25, -0.2) is 0 Å². The predicted octanol–water partition coefficient (Wildman–Crippen LogP) is 5.80. The Morgan fingerprint density at radius 1 is 1.27 bits per heavy atom. The molecule has 138 valence electrons. The average molecular weight is 389 g/mol. The van der Waals surface area contributed by atoms with Crippen LogP contribution in [-0.4, -0.2) is 5.91 Å². The molecule has 0 radical (unpaired) electrons. The van der Waals surface area contributed by atoms with Crippen molar-refractivity contribution in [3.8, 4) is 0 Å². The maximum absolute atomic E-state index is 12.9. The van der Waals surface area contributed by atoms with Gasteiger partial charge >= 0.3 is 0 Å². The third-order valence-electron chi connectivity index (χ3n) is 6.28. The van der Waals surface area contributed by atoms with Crippen molar-refractivity contribution < 1.29 is 4.79 Å². The lowest BCUT2D eigenvalue weighted by Gasteiger charge is -2.36. The second-order valence-electron chi connectivity index (χ2n) is 8.06. The van der Waals surface area contributed by atoms with Crippen LogP contribution in [0.4, 0.5) is 5.00 Å². The van der Waals surface area contributed by atoms with Crippen LogP contribution in [0.1, 0.15) is 66.1 Å². The molecule has 2 heterocycles. The topological polar surface area (TPSA) is 41.1 Å². The molecule has 2 atom stereocenters. The highest BCUT2D eigenvalue weighted by atomic mass is 35.5. The van der Waals surface area contributed by atoms with Crippen molar-refractivity contribution in [3.05, 3.63) is 50.9 Å². The molecule has 0 saturated carbocycles. The van der Waals surface area contributed by atoms with Gasteiger partial charge in [0.1, 0.15) is 11.2 Å². The number of halogens is 1. The molecule has 1 amide bonds. The standard InChI is InChI=1S/C21H25ClN2OS/c1-4-21(2,3)12-9-10-14-16(11-12)26-20-17(14)19(25)23-18(24-20)13-7-5-6-8-15(13)22/h5-8,12,18,24H,4,9-11H2,1-3H3,(H,23,25). The summed E-state index contributed by atoms with van der Waals surface area (Å²) in [5.41, 5.74) is 3.37. The largest absolute Gasteiger partial charge is 0.353 e. The minimum atomic E-state index is -0.272. The van der Waals surface area contributed by atoms with Crippen LogP contribution in [-0.2, 0) is 12.8 Å². The minimum absolute atomic E-state index is 0.0226. The highest BCUT2D eigenvalue weighted by Crippen LogP contribution is 2.47. The van der Waals surface area contributed by atoms with Gasteiger partial charge in [-0.15, -0.1) is 11.3 Å². The molecule has 2 aromatic rings. The van der Waals surface area contributed by atoms with Crippen molar-refractivity contribution in [1.82, 2.24) is 5.32 Å². The molecule has 0 fully saturated rings. The van der Waals surface area contributed by atoms with Crippen LogP contribution >= 0.6 is 22.9 Å². The van der Waals surface area contributed by atoms with Crippen molar-refractivity contribution in [3.63, 3.8) is 0 Å². The SMILES string of the molecule is CCC(C)(C)C1CCc2c(sc3c2C(=O)NC(c2ccccc2Cl)N3)C1. The van der Waals surface area contributed by atoms with Crippen LogP contribution in [0.15, 0.2) is 24.3 Å². The summed E-state index contributed by atoms with van der Waals surface area (Å²) in [7, 11) is 0. The Hall–Kier alpha value is -1.52. The molecule has 2 aliphatic rings. The summed E-state index contributed by atoms with van der Waals surface area (Å²) in [6.07, 6.45) is 4.16. The zero-order valence-corrected chi connectivity index (χ0v) is 17.1. The van der Waals surface area contributed by atoms with E-state index in [0.717, 1.165) is 35.4 Å². The van der Waals surface area contributed by atoms with Crippen molar-refractivity contribution in [1.29, 1.82) is 0 Å². The Kier molecular flexibility index (Phi) is 4.52. The molecule has 1 aromatic heterocycles. The van der Waals surface area contributed by atoms with Gasteiger partial charge in [0.05, 0.1) is 5.56 Å². The van der Waals surface area contributed by atoms with Gasteiger partial charge in [-0.3, -0.25) is 4.79 Å². The van der Waals surface area contributed by atoms with Gasteiger partial charge < -0.3 is 10.6 Å². The molecular weight excluding hydrogens is 364 g/mol. The zero-order valence-electron chi connectivity index (χ0n) is 15.5. The van der Waals surface area contributed by atoms with E-state index >= 15 is 0 Å². The van der Waals surface area contributed by atoms with Crippen molar-refractivity contribution in [2.45, 2.75) is 52.6 Å². The van der Waals surface area contributed by atoms with E-state index in [0.29, 0.717) is 16.4 Å². The number of nitrogens with one attached hydrogen (secondary N) is 2. The second-order valence-corrected chi connectivity index (χ2v) is 9.57. The van der Waals surface area contributed by atoms with E-state index in [4.69, 9.17) is 11.6 Å². The summed E-state index contributed by atoms with van der Waals surface area (Å²) in [5, 5.41) is 8.27. The molecule has 0 saturated heterocycles. The predicted molar refractivity (Wildman–Crippen MR) is 109 cm³/mol. The van der Waals surface area contributed by atoms with Gasteiger partial charge in [-0.2, -0.15) is 0 Å². The van der Waals surface area contributed by atoms with E-state index < -0.39 is 0 Å². The number of anilines is 1. The van der Waals surface area contributed by atoms with Crippen LogP contribution in [0, 0.1) is 11.3 Å². The molecule has 1 aromatic carbocycles. The number of benzene rings is 1. The average Bonchev–Trinajstić information content (AvgIpc) is 3.00.